The molecule has 0 saturated carbocycles. The minimum absolute atomic E-state index is 0.0990. The molecule has 0 bridgehead atoms. The number of carbonyl (C=O) groups is 4. The second-order valence-corrected chi connectivity index (χ2v) is 18.5. The molecule has 5 heterocycles. The Balaban J connectivity index is 0.869. The van der Waals surface area contributed by atoms with Gasteiger partial charge in [-0.3, -0.25) is 14.4 Å². The number of H-pyrrole nitrogens is 2. The van der Waals surface area contributed by atoms with E-state index in [-0.39, 0.29) is 35.7 Å². The number of alkyl carbamates (subject to hydrolysis) is 1. The number of nitrogens with one attached hydrogen (secondary N) is 4. The molecule has 2 fully saturated rings. The zero-order valence-electron chi connectivity index (χ0n) is 37.4. The highest BCUT2D eigenvalue weighted by molar-refractivity contribution is 5.92. The van der Waals surface area contributed by atoms with Crippen molar-refractivity contribution in [2.75, 3.05) is 44.8 Å². The van der Waals surface area contributed by atoms with Gasteiger partial charge in [0.15, 0.2) is 0 Å². The lowest BCUT2D eigenvalue weighted by Crippen LogP contribution is -2.51. The average molecular weight is 870 g/mol. The van der Waals surface area contributed by atoms with Crippen LogP contribution in [0.15, 0.2) is 48.5 Å². The maximum atomic E-state index is 13.7. The van der Waals surface area contributed by atoms with E-state index in [4.69, 9.17) is 14.7 Å². The number of aromatic nitrogens is 4. The van der Waals surface area contributed by atoms with Crippen molar-refractivity contribution in [1.82, 2.24) is 40.4 Å². The molecule has 0 spiro atoms. The van der Waals surface area contributed by atoms with Gasteiger partial charge in [0.25, 0.3) is 0 Å². The molecule has 9 rings (SSSR count). The van der Waals surface area contributed by atoms with Gasteiger partial charge in [0.2, 0.25) is 17.7 Å². The van der Waals surface area contributed by atoms with Gasteiger partial charge < -0.3 is 45.1 Å². The van der Waals surface area contributed by atoms with Crippen LogP contribution in [0.4, 0.5) is 10.5 Å². The van der Waals surface area contributed by atoms with Crippen LogP contribution < -0.4 is 15.5 Å². The Kier molecular flexibility index (Phi) is 11.9. The van der Waals surface area contributed by atoms with Crippen LogP contribution in [0.1, 0.15) is 105 Å². The largest absolute Gasteiger partial charge is 0.453 e. The minimum Gasteiger partial charge on any atom is -0.453 e. The van der Waals surface area contributed by atoms with Crippen LogP contribution >= 0.6 is 0 Å². The summed E-state index contributed by atoms with van der Waals surface area (Å²) < 4.78 is 4.80. The summed E-state index contributed by atoms with van der Waals surface area (Å²) in [5, 5.41) is 14.7. The van der Waals surface area contributed by atoms with E-state index in [2.05, 4.69) is 80.1 Å². The molecule has 3 aromatic carbocycles. The molecule has 2 saturated heterocycles. The molecule has 2 unspecified atom stereocenters. The molecular weight excluding hydrogens is 811 g/mol. The Labute approximate surface area is 373 Å². The number of allylic oxidation sites excluding steroid dienone is 1. The van der Waals surface area contributed by atoms with E-state index >= 15 is 0 Å². The van der Waals surface area contributed by atoms with Crippen LogP contribution in [0.5, 0.6) is 0 Å². The van der Waals surface area contributed by atoms with Gasteiger partial charge in [-0.2, -0.15) is 0 Å². The number of methoxy groups -OCH3 is 1. The topological polar surface area (TPSA) is 189 Å². The Morgan fingerprint density at radius 1 is 0.750 bits per heavy atom. The highest BCUT2D eigenvalue weighted by Gasteiger charge is 2.39. The zero-order chi connectivity index (χ0) is 44.8. The molecule has 1 aliphatic carbocycles. The number of amides is 4. The van der Waals surface area contributed by atoms with Crippen LogP contribution in [0.3, 0.4) is 0 Å². The number of hydrogen-bond acceptors (Lipinski definition) is 9. The molecule has 4 aliphatic rings. The summed E-state index contributed by atoms with van der Waals surface area (Å²) in [5.74, 6) is 0.465. The van der Waals surface area contributed by atoms with Gasteiger partial charge in [0.05, 0.1) is 41.3 Å². The third-order valence-corrected chi connectivity index (χ3v) is 13.7. The number of aliphatic hydroxyl groups is 1. The number of imidazole rings is 2. The number of fused-ring (bicyclic) bond motifs is 4. The summed E-state index contributed by atoms with van der Waals surface area (Å²) in [5.41, 5.74) is 12.5. The standard InChI is InChI=1S/C49H59N9O6/c1-27(2)43(54-42(60)26-59)47(61)57-16-6-8-40(57)45-50-36-12-10-29(24-38(36)52-45)32-22-33-20-30-14-18-56(19-15-31(30)21-34(33)23-32)35-11-13-37-39(25-35)53-46(51-37)41-9-7-17-58(41)48(62)44(28(3)4)55-49(63)64-5/h10-13,20-22,24-25,27-28,40-41,43-44,59H,6-9,14-19,23,26H2,1-5H3,(H,50,52)(H,51,53)(H,54,60)(H,55,63)/t40?,41?,43-,44+/m0/s1. The van der Waals surface area contributed by atoms with E-state index in [1.807, 2.05) is 37.5 Å². The van der Waals surface area contributed by atoms with E-state index in [9.17, 15) is 24.3 Å². The Morgan fingerprint density at radius 2 is 1.33 bits per heavy atom. The van der Waals surface area contributed by atoms with Crippen LogP contribution in [0.2, 0.25) is 0 Å². The Hall–Kier alpha value is -6.22. The van der Waals surface area contributed by atoms with E-state index in [1.54, 1.807) is 0 Å². The first-order chi connectivity index (χ1) is 30.9. The molecule has 15 heteroatoms. The molecular formula is C49H59N9O6. The van der Waals surface area contributed by atoms with Gasteiger partial charge in [-0.15, -0.1) is 0 Å². The molecule has 64 heavy (non-hydrogen) atoms. The second-order valence-electron chi connectivity index (χ2n) is 18.5. The van der Waals surface area contributed by atoms with Gasteiger partial charge in [0, 0.05) is 31.9 Å². The monoisotopic (exact) mass is 869 g/mol. The van der Waals surface area contributed by atoms with E-state index < -0.39 is 30.7 Å². The minimum atomic E-state index is -0.715. The quantitative estimate of drug-likeness (QED) is 0.106. The summed E-state index contributed by atoms with van der Waals surface area (Å²) in [6.07, 6.45) is 7.72. The third kappa shape index (κ3) is 8.33. The fraction of sp³-hybridized carbons (Fsp3) is 0.469. The lowest BCUT2D eigenvalue weighted by Gasteiger charge is -2.30. The number of ether oxygens (including phenoxy) is 1. The number of nitrogens with zero attached hydrogens (tertiary/aromatic N) is 5. The van der Waals surface area contributed by atoms with Crippen molar-refractivity contribution in [3.05, 3.63) is 88.0 Å². The fourth-order valence-electron chi connectivity index (χ4n) is 10.2. The summed E-state index contributed by atoms with van der Waals surface area (Å²) in [6.45, 7) is 9.95. The van der Waals surface area contributed by atoms with Crippen molar-refractivity contribution in [1.29, 1.82) is 0 Å². The van der Waals surface area contributed by atoms with Crippen LogP contribution in [-0.2, 0) is 38.4 Å². The highest BCUT2D eigenvalue weighted by Crippen LogP contribution is 2.38. The van der Waals surface area contributed by atoms with Crippen LogP contribution in [0.25, 0.3) is 33.7 Å². The molecule has 4 amide bonds. The molecule has 4 atom stereocenters. The van der Waals surface area contributed by atoms with Crippen molar-refractivity contribution in [2.24, 2.45) is 11.8 Å². The molecule has 0 radical (unpaired) electrons. The van der Waals surface area contributed by atoms with Crippen molar-refractivity contribution in [3.8, 4) is 0 Å². The van der Waals surface area contributed by atoms with E-state index in [0.717, 1.165) is 103 Å². The highest BCUT2D eigenvalue weighted by atomic mass is 16.5. The van der Waals surface area contributed by atoms with Gasteiger partial charge >= 0.3 is 6.09 Å². The van der Waals surface area contributed by atoms with Crippen LogP contribution in [0, 0.1) is 11.8 Å². The lowest BCUT2D eigenvalue weighted by molar-refractivity contribution is -0.139. The first-order valence-corrected chi connectivity index (χ1v) is 22.8. The maximum absolute atomic E-state index is 13.7. The van der Waals surface area contributed by atoms with Crippen molar-refractivity contribution in [3.63, 3.8) is 0 Å². The summed E-state index contributed by atoms with van der Waals surface area (Å²) in [7, 11) is 1.30. The van der Waals surface area contributed by atoms with Crippen molar-refractivity contribution < 1.29 is 29.0 Å². The number of anilines is 1. The van der Waals surface area contributed by atoms with Gasteiger partial charge in [-0.25, -0.2) is 14.8 Å². The normalized spacial score (nSPS) is 19.5. The van der Waals surface area contributed by atoms with E-state index in [1.165, 1.54) is 34.9 Å². The SMILES string of the molecule is COC(=O)N[C@@H](C(=O)N1CCCC1c1nc2ccc(N3CCc4cc5c(cc4CC3)CC(c3ccc4nc(C6CCCN6C(=O)[C@@H](NC(=O)CO)C(C)C)[nH]c4c3)=C5)cc2[nH]1)C(C)C. The summed E-state index contributed by atoms with van der Waals surface area (Å²) in [6, 6.07) is 15.8. The number of likely N-dealkylation sites (tertiary alicyclic amines) is 2. The average Bonchev–Trinajstić information content (AvgIpc) is 4.14. The lowest BCUT2D eigenvalue weighted by atomic mass is 9.96. The fourth-order valence-corrected chi connectivity index (χ4v) is 10.2. The summed E-state index contributed by atoms with van der Waals surface area (Å²) in [4.78, 5) is 74.6. The Bertz CT molecular complexity index is 2650. The molecule has 5 N–H and O–H groups in total. The third-order valence-electron chi connectivity index (χ3n) is 13.7. The molecule has 15 nitrogen and oxygen atoms in total. The number of rotatable bonds is 11. The number of aliphatic hydroxyl groups excluding tert-OH is 1. The number of carbonyl (C=O) groups excluding carboxylic acids is 4. The summed E-state index contributed by atoms with van der Waals surface area (Å²) >= 11 is 0. The zero-order valence-corrected chi connectivity index (χ0v) is 37.4. The van der Waals surface area contributed by atoms with Crippen LogP contribution in [-0.4, -0.2) is 111 Å². The van der Waals surface area contributed by atoms with Gasteiger partial charge in [-0.1, -0.05) is 52.0 Å². The number of benzene rings is 3. The van der Waals surface area contributed by atoms with Crippen molar-refractivity contribution >= 4 is 63.2 Å². The van der Waals surface area contributed by atoms with E-state index in [0.29, 0.717) is 13.1 Å². The first kappa shape index (κ1) is 43.1. The predicted molar refractivity (Wildman–Crippen MR) is 245 cm³/mol. The number of hydrogen-bond donors (Lipinski definition) is 5. The maximum Gasteiger partial charge on any atom is 0.407 e. The molecule has 5 aromatic rings. The number of aromatic amines is 2. The van der Waals surface area contributed by atoms with Gasteiger partial charge in [0.1, 0.15) is 30.3 Å². The molecule has 2 aromatic heterocycles. The molecule has 336 valence electrons. The predicted octanol–water partition coefficient (Wildman–Crippen LogP) is 5.98. The Morgan fingerprint density at radius 3 is 1.92 bits per heavy atom. The smallest absolute Gasteiger partial charge is 0.407 e. The van der Waals surface area contributed by atoms with Crippen molar-refractivity contribution in [2.45, 2.75) is 96.8 Å². The van der Waals surface area contributed by atoms with Gasteiger partial charge in [-0.05, 0) is 121 Å². The first-order valence-electron chi connectivity index (χ1n) is 22.8. The molecule has 3 aliphatic heterocycles. The second kappa shape index (κ2) is 17.7.